The fourth-order valence-corrected chi connectivity index (χ4v) is 5.07. The van der Waals surface area contributed by atoms with Gasteiger partial charge in [-0.15, -0.1) is 0 Å². The molecule has 3 aromatic rings. The van der Waals surface area contributed by atoms with E-state index in [0.29, 0.717) is 21.2 Å². The second-order valence-corrected chi connectivity index (χ2v) is 9.72. The molecule has 2 heterocycles. The lowest BCUT2D eigenvalue weighted by Gasteiger charge is -2.30. The first-order valence-corrected chi connectivity index (χ1v) is 11.5. The summed E-state index contributed by atoms with van der Waals surface area (Å²) in [7, 11) is -2.82. The minimum atomic E-state index is -3.94. The molecule has 1 aromatic heterocycles. The zero-order valence-corrected chi connectivity index (χ0v) is 19.1. The van der Waals surface area contributed by atoms with Crippen LogP contribution < -0.4 is 0 Å². The number of nitrogens with zero attached hydrogens (tertiary/aromatic N) is 2. The summed E-state index contributed by atoms with van der Waals surface area (Å²) in [6.07, 6.45) is 4.39. The number of benzene rings is 2. The average Bonchev–Trinajstić information content (AvgIpc) is 3.38. The van der Waals surface area contributed by atoms with E-state index in [4.69, 9.17) is 36.9 Å². The third kappa shape index (κ3) is 4.37. The summed E-state index contributed by atoms with van der Waals surface area (Å²) in [5.41, 5.74) is 1.92. The van der Waals surface area contributed by atoms with Gasteiger partial charge in [-0.25, -0.2) is 4.98 Å². The molecule has 7 nitrogen and oxygen atoms in total. The van der Waals surface area contributed by atoms with Crippen molar-refractivity contribution >= 4 is 33.3 Å². The fourth-order valence-electron chi connectivity index (χ4n) is 3.63. The van der Waals surface area contributed by atoms with Crippen molar-refractivity contribution in [2.45, 2.75) is 30.3 Å². The summed E-state index contributed by atoms with van der Waals surface area (Å²) < 4.78 is 44.2. The molecular formula is C21H20Cl2N2O5S. The lowest BCUT2D eigenvalue weighted by atomic mass is 10.0. The summed E-state index contributed by atoms with van der Waals surface area (Å²) >= 11 is 12.6. The average molecular weight is 483 g/mol. The van der Waals surface area contributed by atoms with Crippen LogP contribution in [0.2, 0.25) is 10.0 Å². The molecule has 2 atom stereocenters. The maximum Gasteiger partial charge on any atom is 0.297 e. The van der Waals surface area contributed by atoms with Gasteiger partial charge < -0.3 is 14.0 Å². The van der Waals surface area contributed by atoms with Gasteiger partial charge in [0.1, 0.15) is 6.10 Å². The maximum atomic E-state index is 12.5. The summed E-state index contributed by atoms with van der Waals surface area (Å²) in [6, 6.07) is 10.0. The van der Waals surface area contributed by atoms with E-state index in [-0.39, 0.29) is 18.0 Å². The van der Waals surface area contributed by atoms with Crippen LogP contribution in [0.1, 0.15) is 22.8 Å². The number of halogens is 2. The van der Waals surface area contributed by atoms with E-state index in [1.807, 2.05) is 6.92 Å². The van der Waals surface area contributed by atoms with Gasteiger partial charge in [0.05, 0.1) is 36.5 Å². The number of hydrogen-bond donors (Lipinski definition) is 0. The summed E-state index contributed by atoms with van der Waals surface area (Å²) in [4.78, 5) is 4.11. The molecule has 0 N–H and O–H groups in total. The molecule has 164 valence electrons. The van der Waals surface area contributed by atoms with Gasteiger partial charge >= 0.3 is 0 Å². The normalized spacial score (nSPS) is 21.5. The largest absolute Gasteiger partial charge is 0.341 e. The molecule has 31 heavy (non-hydrogen) atoms. The second-order valence-electron chi connectivity index (χ2n) is 7.19. The number of rotatable bonds is 6. The van der Waals surface area contributed by atoms with E-state index in [1.54, 1.807) is 53.6 Å². The Morgan fingerprint density at radius 3 is 2.74 bits per heavy atom. The molecule has 0 amide bonds. The third-order valence-electron chi connectivity index (χ3n) is 5.09. The van der Waals surface area contributed by atoms with Crippen molar-refractivity contribution in [3.63, 3.8) is 0 Å². The molecule has 0 spiro atoms. The number of aryl methyl sites for hydroxylation is 1. The van der Waals surface area contributed by atoms with Crippen LogP contribution in [0.25, 0.3) is 0 Å². The molecule has 1 aliphatic rings. The standard InChI is InChI=1S/C21H20Cl2N2O5S/c1-14-3-6-20(31(26,27)28-2)16(9-14)19-11-29-21(30-19,12-25-8-7-24-13-25)17-5-4-15(22)10-18(17)23/h3-10,13,19H,11-12H2,1-2H3/t19-,21+/m1/s1. The molecule has 2 aromatic carbocycles. The maximum absolute atomic E-state index is 12.5. The number of aromatic nitrogens is 2. The highest BCUT2D eigenvalue weighted by Gasteiger charge is 2.46. The lowest BCUT2D eigenvalue weighted by Crippen LogP contribution is -2.33. The van der Waals surface area contributed by atoms with Crippen LogP contribution >= 0.6 is 23.2 Å². The Labute approximate surface area is 190 Å². The molecule has 1 aliphatic heterocycles. The third-order valence-corrected chi connectivity index (χ3v) is 6.99. The molecule has 1 fully saturated rings. The molecule has 0 bridgehead atoms. The molecule has 0 unspecified atom stereocenters. The van der Waals surface area contributed by atoms with Crippen molar-refractivity contribution in [1.29, 1.82) is 0 Å². The van der Waals surface area contributed by atoms with Crippen molar-refractivity contribution in [1.82, 2.24) is 9.55 Å². The quantitative estimate of drug-likeness (QED) is 0.482. The van der Waals surface area contributed by atoms with E-state index < -0.39 is 22.0 Å². The van der Waals surface area contributed by atoms with E-state index in [9.17, 15) is 8.42 Å². The first-order chi connectivity index (χ1) is 14.7. The van der Waals surface area contributed by atoms with Crippen LogP contribution in [-0.4, -0.2) is 31.7 Å². The lowest BCUT2D eigenvalue weighted by molar-refractivity contribution is -0.188. The van der Waals surface area contributed by atoms with Gasteiger partial charge in [0.25, 0.3) is 10.1 Å². The molecule has 0 radical (unpaired) electrons. The van der Waals surface area contributed by atoms with E-state index >= 15 is 0 Å². The van der Waals surface area contributed by atoms with E-state index in [0.717, 1.165) is 12.7 Å². The summed E-state index contributed by atoms with van der Waals surface area (Å²) in [5.74, 6) is -1.27. The Morgan fingerprint density at radius 2 is 2.06 bits per heavy atom. The van der Waals surface area contributed by atoms with Crippen molar-refractivity contribution in [2.24, 2.45) is 0 Å². The minimum absolute atomic E-state index is 0.0369. The SMILES string of the molecule is COS(=O)(=O)c1ccc(C)cc1[C@H]1CO[C@](Cn2ccnc2)(c2ccc(Cl)cc2Cl)O1. The Morgan fingerprint density at radius 1 is 1.26 bits per heavy atom. The molecule has 1 saturated heterocycles. The van der Waals surface area contributed by atoms with E-state index in [1.165, 1.54) is 6.07 Å². The second kappa shape index (κ2) is 8.54. The van der Waals surface area contributed by atoms with Crippen molar-refractivity contribution < 1.29 is 22.1 Å². The van der Waals surface area contributed by atoms with Crippen molar-refractivity contribution in [3.05, 3.63) is 81.9 Å². The van der Waals surface area contributed by atoms with Gasteiger partial charge in [0.2, 0.25) is 5.79 Å². The Hall–Kier alpha value is -1.94. The van der Waals surface area contributed by atoms with Crippen LogP contribution in [-0.2, 0) is 36.1 Å². The van der Waals surface area contributed by atoms with Crippen LogP contribution in [0.15, 0.2) is 60.0 Å². The predicted molar refractivity (Wildman–Crippen MR) is 116 cm³/mol. The van der Waals surface area contributed by atoms with Crippen LogP contribution in [0, 0.1) is 6.92 Å². The zero-order valence-electron chi connectivity index (χ0n) is 16.8. The monoisotopic (exact) mass is 482 g/mol. The van der Waals surface area contributed by atoms with Gasteiger partial charge in [-0.2, -0.15) is 8.42 Å². The number of ether oxygens (including phenoxy) is 2. The highest BCUT2D eigenvalue weighted by molar-refractivity contribution is 7.86. The van der Waals surface area contributed by atoms with Gasteiger partial charge in [0.15, 0.2) is 0 Å². The Balaban J connectivity index is 1.79. The Bertz CT molecular complexity index is 1200. The highest BCUT2D eigenvalue weighted by atomic mass is 35.5. The van der Waals surface area contributed by atoms with Gasteiger partial charge in [-0.3, -0.25) is 4.18 Å². The molecular weight excluding hydrogens is 463 g/mol. The van der Waals surface area contributed by atoms with Crippen LogP contribution in [0.3, 0.4) is 0 Å². The smallest absolute Gasteiger partial charge is 0.297 e. The summed E-state index contributed by atoms with van der Waals surface area (Å²) in [6.45, 7) is 2.24. The first-order valence-electron chi connectivity index (χ1n) is 9.38. The van der Waals surface area contributed by atoms with Crippen LogP contribution in [0.5, 0.6) is 0 Å². The predicted octanol–water partition coefficient (Wildman–Crippen LogP) is 4.47. The van der Waals surface area contributed by atoms with Gasteiger partial charge in [0, 0.05) is 28.5 Å². The molecule has 4 rings (SSSR count). The first kappa shape index (κ1) is 22.3. The highest BCUT2D eigenvalue weighted by Crippen LogP contribution is 2.45. The van der Waals surface area contributed by atoms with Gasteiger partial charge in [-0.1, -0.05) is 47.0 Å². The fraction of sp³-hybridized carbons (Fsp3) is 0.286. The van der Waals surface area contributed by atoms with E-state index in [2.05, 4.69) is 4.98 Å². The van der Waals surface area contributed by atoms with Crippen molar-refractivity contribution in [2.75, 3.05) is 13.7 Å². The summed E-state index contributed by atoms with van der Waals surface area (Å²) in [5, 5.41) is 0.857. The van der Waals surface area contributed by atoms with Gasteiger partial charge in [-0.05, 0) is 25.1 Å². The Kier molecular flexibility index (Phi) is 6.13. The molecule has 10 heteroatoms. The zero-order chi connectivity index (χ0) is 22.2. The molecule has 0 aliphatic carbocycles. The minimum Gasteiger partial charge on any atom is -0.341 e. The number of imidazole rings is 1. The topological polar surface area (TPSA) is 79.7 Å². The van der Waals surface area contributed by atoms with Crippen LogP contribution in [0.4, 0.5) is 0 Å². The van der Waals surface area contributed by atoms with Crippen molar-refractivity contribution in [3.8, 4) is 0 Å². The molecule has 0 saturated carbocycles. The number of hydrogen-bond acceptors (Lipinski definition) is 6.